The summed E-state index contributed by atoms with van der Waals surface area (Å²) in [6.45, 7) is 1.43. The number of furan rings is 1. The van der Waals surface area contributed by atoms with Crippen molar-refractivity contribution < 1.29 is 33.8 Å². The van der Waals surface area contributed by atoms with E-state index in [9.17, 15) is 19.5 Å². The van der Waals surface area contributed by atoms with Crippen LogP contribution in [0.2, 0.25) is 0 Å². The molecule has 4 aromatic rings. The number of carboxylic acid groups (broad SMARTS) is 2. The number of nitrogens with one attached hydrogen (secondary N) is 2. The first-order valence-electron chi connectivity index (χ1n) is 14.6. The predicted octanol–water partition coefficient (Wildman–Crippen LogP) is 4.90. The molecule has 224 valence electrons. The average molecular weight is 587 g/mol. The van der Waals surface area contributed by atoms with Crippen LogP contribution in [0, 0.1) is 6.92 Å². The molecule has 0 radical (unpaired) electrons. The molecule has 2 aliphatic rings. The Kier molecular flexibility index (Phi) is 7.90. The van der Waals surface area contributed by atoms with Crippen LogP contribution in [0.3, 0.4) is 0 Å². The minimum atomic E-state index is -1.19. The van der Waals surface area contributed by atoms with Gasteiger partial charge < -0.3 is 34.2 Å². The highest BCUT2D eigenvalue weighted by Gasteiger charge is 2.28. The molecule has 1 unspecified atom stereocenters. The normalized spacial score (nSPS) is 17.6. The molecule has 4 N–H and O–H groups in total. The number of ether oxygens (including phenoxy) is 1. The number of carbonyl (C=O) groups is 3. The molecular formula is C32H34N4O7. The van der Waals surface area contributed by atoms with Gasteiger partial charge in [0.15, 0.2) is 0 Å². The molecule has 1 saturated carbocycles. The van der Waals surface area contributed by atoms with Crippen LogP contribution in [-0.4, -0.2) is 61.3 Å². The maximum absolute atomic E-state index is 13.5. The van der Waals surface area contributed by atoms with E-state index in [1.807, 2.05) is 19.1 Å². The number of nitrogens with zero attached hydrogens (tertiary/aromatic N) is 2. The number of benzene rings is 1. The van der Waals surface area contributed by atoms with E-state index in [-0.39, 0.29) is 6.42 Å². The van der Waals surface area contributed by atoms with Gasteiger partial charge in [-0.15, -0.1) is 0 Å². The van der Waals surface area contributed by atoms with Crippen molar-refractivity contribution in [3.8, 4) is 11.4 Å². The lowest BCUT2D eigenvalue weighted by molar-refractivity contribution is -0.143. The first-order chi connectivity index (χ1) is 20.8. The number of imidazole rings is 1. The monoisotopic (exact) mass is 586 g/mol. The van der Waals surface area contributed by atoms with Gasteiger partial charge in [-0.05, 0) is 60.7 Å². The van der Waals surface area contributed by atoms with Crippen molar-refractivity contribution in [1.29, 1.82) is 0 Å². The third kappa shape index (κ3) is 5.85. The Morgan fingerprint density at radius 3 is 2.74 bits per heavy atom. The van der Waals surface area contributed by atoms with Crippen LogP contribution in [-0.2, 0) is 27.2 Å². The molecule has 1 amide bonds. The Hall–Kier alpha value is -4.64. The Morgan fingerprint density at radius 2 is 2.02 bits per heavy atom. The summed E-state index contributed by atoms with van der Waals surface area (Å²) < 4.78 is 13.0. The fraction of sp³-hybridized carbons (Fsp3) is 0.375. The summed E-state index contributed by atoms with van der Waals surface area (Å²) in [5.74, 6) is -1.91. The zero-order valence-electron chi connectivity index (χ0n) is 23.8. The molecule has 6 rings (SSSR count). The molecule has 2 atom stereocenters. The number of hydrogen-bond donors (Lipinski definition) is 4. The summed E-state index contributed by atoms with van der Waals surface area (Å²) in [5.41, 5.74) is 5.96. The van der Waals surface area contributed by atoms with Crippen molar-refractivity contribution in [2.45, 2.75) is 70.1 Å². The molecule has 43 heavy (non-hydrogen) atoms. The van der Waals surface area contributed by atoms with Gasteiger partial charge in [-0.25, -0.2) is 14.6 Å². The fourth-order valence-electron chi connectivity index (χ4n) is 6.30. The first kappa shape index (κ1) is 28.5. The van der Waals surface area contributed by atoms with E-state index in [1.54, 1.807) is 36.9 Å². The second kappa shape index (κ2) is 11.9. The predicted molar refractivity (Wildman–Crippen MR) is 158 cm³/mol. The van der Waals surface area contributed by atoms with Crippen LogP contribution in [0.25, 0.3) is 28.5 Å². The molecule has 3 aromatic heterocycles. The molecule has 0 bridgehead atoms. The van der Waals surface area contributed by atoms with Crippen molar-refractivity contribution in [3.63, 3.8) is 0 Å². The van der Waals surface area contributed by atoms with Gasteiger partial charge in [-0.3, -0.25) is 4.79 Å². The fourth-order valence-corrected chi connectivity index (χ4v) is 6.30. The quantitative estimate of drug-likeness (QED) is 0.204. The number of aromatic amines is 1. The van der Waals surface area contributed by atoms with Crippen molar-refractivity contribution in [3.05, 3.63) is 70.9 Å². The van der Waals surface area contributed by atoms with Crippen molar-refractivity contribution in [2.75, 3.05) is 6.61 Å². The van der Waals surface area contributed by atoms with Crippen molar-refractivity contribution in [1.82, 2.24) is 19.9 Å². The SMILES string of the molecule is Cc1cc2c(cc1C(=O)N[C@@H](Cc1c[nH]c3c1CC(OCC(=O)O)C=C3)C(=O)O)nc(-c1ccoc1)n2C1CCCCC1. The number of aliphatic carboxylic acids is 2. The molecule has 11 nitrogen and oxygen atoms in total. The number of hydrogen-bond acceptors (Lipinski definition) is 6. The summed E-state index contributed by atoms with van der Waals surface area (Å²) >= 11 is 0. The molecule has 2 aliphatic carbocycles. The highest BCUT2D eigenvalue weighted by atomic mass is 16.5. The third-order valence-corrected chi connectivity index (χ3v) is 8.45. The second-order valence-corrected chi connectivity index (χ2v) is 11.3. The van der Waals surface area contributed by atoms with Crippen LogP contribution in [0.15, 0.2) is 47.4 Å². The number of aromatic nitrogens is 3. The van der Waals surface area contributed by atoms with E-state index in [4.69, 9.17) is 19.2 Å². The van der Waals surface area contributed by atoms with E-state index in [0.717, 1.165) is 65.0 Å². The zero-order chi connectivity index (χ0) is 30.1. The van der Waals surface area contributed by atoms with E-state index in [2.05, 4.69) is 14.9 Å². The van der Waals surface area contributed by atoms with E-state index < -0.39 is 36.6 Å². The van der Waals surface area contributed by atoms with Gasteiger partial charge in [0.05, 0.1) is 29.0 Å². The lowest BCUT2D eigenvalue weighted by Gasteiger charge is -2.25. The van der Waals surface area contributed by atoms with E-state index >= 15 is 0 Å². The molecule has 0 saturated heterocycles. The molecular weight excluding hydrogens is 552 g/mol. The maximum Gasteiger partial charge on any atom is 0.329 e. The summed E-state index contributed by atoms with van der Waals surface area (Å²) in [7, 11) is 0. The van der Waals surface area contributed by atoms with Crippen molar-refractivity contribution in [2.24, 2.45) is 0 Å². The standard InChI is InChI=1S/C32H34N4O7/c1-18-11-28-26(34-30(19-9-10-42-16-19)36(28)21-5-3-2-4-6-21)14-23(18)31(39)35-27(32(40)41)12-20-15-33-25-8-7-22(13-24(20)25)43-17-29(37)38/h7-11,14-16,21-22,27,33H,2-6,12-13,17H2,1H3,(H,35,39)(H,37,38)(H,40,41)/t22?,27-/m0/s1. The highest BCUT2D eigenvalue weighted by Crippen LogP contribution is 2.37. The number of fused-ring (bicyclic) bond motifs is 2. The topological polar surface area (TPSA) is 160 Å². The lowest BCUT2D eigenvalue weighted by atomic mass is 9.94. The largest absolute Gasteiger partial charge is 0.480 e. The first-order valence-corrected chi connectivity index (χ1v) is 14.6. The van der Waals surface area contributed by atoms with Gasteiger partial charge in [0, 0.05) is 36.3 Å². The van der Waals surface area contributed by atoms with Crippen LogP contribution in [0.4, 0.5) is 0 Å². The highest BCUT2D eigenvalue weighted by molar-refractivity contribution is 6.01. The van der Waals surface area contributed by atoms with Crippen LogP contribution in [0.5, 0.6) is 0 Å². The van der Waals surface area contributed by atoms with Crippen LogP contribution < -0.4 is 5.32 Å². The number of amides is 1. The van der Waals surface area contributed by atoms with Gasteiger partial charge in [0.25, 0.3) is 5.91 Å². The average Bonchev–Trinajstić information content (AvgIpc) is 3.74. The van der Waals surface area contributed by atoms with E-state index in [0.29, 0.717) is 23.5 Å². The lowest BCUT2D eigenvalue weighted by Crippen LogP contribution is -2.42. The number of rotatable bonds is 10. The summed E-state index contributed by atoms with van der Waals surface area (Å²) in [6, 6.07) is 4.71. The smallest absolute Gasteiger partial charge is 0.329 e. The Labute approximate surface area is 247 Å². The maximum atomic E-state index is 13.5. The third-order valence-electron chi connectivity index (χ3n) is 8.45. The Balaban J connectivity index is 1.25. The summed E-state index contributed by atoms with van der Waals surface area (Å²) in [6.07, 6.45) is 14.3. The second-order valence-electron chi connectivity index (χ2n) is 11.3. The van der Waals surface area contributed by atoms with Crippen LogP contribution in [0.1, 0.15) is 70.9 Å². The minimum Gasteiger partial charge on any atom is -0.480 e. The molecule has 0 spiro atoms. The molecule has 3 heterocycles. The van der Waals surface area contributed by atoms with Gasteiger partial charge in [0.2, 0.25) is 0 Å². The molecule has 1 fully saturated rings. The van der Waals surface area contributed by atoms with Gasteiger partial charge >= 0.3 is 11.9 Å². The van der Waals surface area contributed by atoms with Gasteiger partial charge in [-0.2, -0.15) is 0 Å². The molecule has 11 heteroatoms. The number of carbonyl (C=O) groups excluding carboxylic acids is 1. The summed E-state index contributed by atoms with van der Waals surface area (Å²) in [5, 5.41) is 21.7. The van der Waals surface area contributed by atoms with E-state index in [1.165, 1.54) is 6.42 Å². The number of H-pyrrole nitrogens is 1. The Morgan fingerprint density at radius 1 is 1.21 bits per heavy atom. The van der Waals surface area contributed by atoms with Gasteiger partial charge in [-0.1, -0.05) is 25.3 Å². The minimum absolute atomic E-state index is 0.0502. The number of carboxylic acids is 2. The number of aryl methyl sites for hydroxylation is 1. The molecule has 1 aromatic carbocycles. The van der Waals surface area contributed by atoms with Gasteiger partial charge in [0.1, 0.15) is 24.7 Å². The molecule has 0 aliphatic heterocycles. The summed E-state index contributed by atoms with van der Waals surface area (Å²) in [4.78, 5) is 44.8. The zero-order valence-corrected chi connectivity index (χ0v) is 23.8. The Bertz CT molecular complexity index is 1690. The van der Waals surface area contributed by atoms with Crippen LogP contribution >= 0.6 is 0 Å². The van der Waals surface area contributed by atoms with Crippen molar-refractivity contribution >= 4 is 35.0 Å².